The Morgan fingerprint density at radius 3 is 2.33 bits per heavy atom. The summed E-state index contributed by atoms with van der Waals surface area (Å²) in [6.45, 7) is 1.94. The fourth-order valence-electron chi connectivity index (χ4n) is 2.15. The average Bonchev–Trinajstić information content (AvgIpc) is 2.48. The zero-order valence-electron chi connectivity index (χ0n) is 11.9. The van der Waals surface area contributed by atoms with E-state index in [4.69, 9.17) is 0 Å². The molecule has 4 heteroatoms. The highest BCUT2D eigenvalue weighted by Crippen LogP contribution is 2.15. The smallest absolute Gasteiger partial charge is 0.319 e. The third kappa shape index (κ3) is 4.26. The molecular weight excluding hydrogens is 284 g/mol. The first-order valence-electron chi connectivity index (χ1n) is 6.76. The van der Waals surface area contributed by atoms with Crippen LogP contribution in [-0.2, 0) is 27.8 Å². The Labute approximate surface area is 127 Å². The van der Waals surface area contributed by atoms with E-state index in [-0.39, 0.29) is 12.2 Å². The maximum atomic E-state index is 12.4. The summed E-state index contributed by atoms with van der Waals surface area (Å²) in [7, 11) is -1.45. The summed E-state index contributed by atoms with van der Waals surface area (Å²) in [5.41, 5.74) is 2.87. The number of carboxylic acid groups (broad SMARTS) is 1. The van der Waals surface area contributed by atoms with E-state index in [0.717, 1.165) is 16.7 Å². The molecule has 2 aromatic carbocycles. The van der Waals surface area contributed by atoms with Crippen molar-refractivity contribution in [1.82, 2.24) is 0 Å². The Morgan fingerprint density at radius 2 is 1.71 bits per heavy atom. The van der Waals surface area contributed by atoms with Crippen LogP contribution in [0.1, 0.15) is 16.7 Å². The molecule has 0 bridgehead atoms. The van der Waals surface area contributed by atoms with Crippen molar-refractivity contribution in [2.24, 2.45) is 0 Å². The van der Waals surface area contributed by atoms with E-state index in [2.05, 4.69) is 0 Å². The first kappa shape index (κ1) is 15.4. The van der Waals surface area contributed by atoms with Gasteiger partial charge in [0.15, 0.2) is 0 Å². The van der Waals surface area contributed by atoms with E-state index in [1.54, 1.807) is 0 Å². The number of carboxylic acids is 1. The van der Waals surface area contributed by atoms with Crippen molar-refractivity contribution in [3.05, 3.63) is 71.3 Å². The molecular formula is C17H18O3S. The second kappa shape index (κ2) is 7.18. The Hall–Kier alpha value is -1.94. The van der Waals surface area contributed by atoms with E-state index < -0.39 is 22.0 Å². The van der Waals surface area contributed by atoms with Gasteiger partial charge in [0.05, 0.1) is 0 Å². The fraction of sp³-hybridized carbons (Fsp3) is 0.235. The van der Waals surface area contributed by atoms with Crippen molar-refractivity contribution >= 4 is 16.8 Å². The van der Waals surface area contributed by atoms with Gasteiger partial charge in [-0.3, -0.25) is 9.00 Å². The van der Waals surface area contributed by atoms with Crippen molar-refractivity contribution < 1.29 is 14.1 Å². The van der Waals surface area contributed by atoms with Crippen LogP contribution in [0.5, 0.6) is 0 Å². The maximum Gasteiger partial charge on any atom is 0.319 e. The minimum absolute atomic E-state index is 0.274. The number of carbonyl (C=O) groups is 1. The van der Waals surface area contributed by atoms with Gasteiger partial charge in [0.2, 0.25) is 0 Å². The molecule has 0 fully saturated rings. The molecule has 0 aliphatic carbocycles. The summed E-state index contributed by atoms with van der Waals surface area (Å²) in [5, 5.41) is 8.48. The molecule has 0 heterocycles. The number of rotatable bonds is 6. The summed E-state index contributed by atoms with van der Waals surface area (Å²) in [5.74, 6) is -0.734. The summed E-state index contributed by atoms with van der Waals surface area (Å²) in [6, 6.07) is 17.0. The highest BCUT2D eigenvalue weighted by atomic mass is 32.2. The Kier molecular flexibility index (Phi) is 5.28. The van der Waals surface area contributed by atoms with Gasteiger partial charge >= 0.3 is 5.97 Å². The third-order valence-electron chi connectivity index (χ3n) is 3.42. The summed E-state index contributed by atoms with van der Waals surface area (Å²) >= 11 is 0. The van der Waals surface area contributed by atoms with Gasteiger partial charge in [0.1, 0.15) is 5.25 Å². The Balaban J connectivity index is 2.13. The number of hydrogen-bond donors (Lipinski definition) is 1. The summed E-state index contributed by atoms with van der Waals surface area (Å²) in [6.07, 6.45) is 0.286. The highest BCUT2D eigenvalue weighted by Gasteiger charge is 2.25. The van der Waals surface area contributed by atoms with Gasteiger partial charge in [0, 0.05) is 16.6 Å². The number of hydrogen-bond acceptors (Lipinski definition) is 2. The van der Waals surface area contributed by atoms with Crippen molar-refractivity contribution in [1.29, 1.82) is 0 Å². The number of aryl methyl sites for hydroxylation is 1. The van der Waals surface area contributed by atoms with E-state index in [1.807, 2.05) is 61.5 Å². The second-order valence-corrected chi connectivity index (χ2v) is 6.59. The molecule has 0 aromatic heterocycles. The zero-order chi connectivity index (χ0) is 15.2. The fourth-order valence-corrected chi connectivity index (χ4v) is 3.58. The molecule has 2 unspecified atom stereocenters. The quantitative estimate of drug-likeness (QED) is 0.892. The van der Waals surface area contributed by atoms with Crippen LogP contribution < -0.4 is 0 Å². The molecule has 0 saturated heterocycles. The molecule has 2 rings (SSSR count). The molecule has 0 aliphatic rings. The van der Waals surface area contributed by atoms with E-state index >= 15 is 0 Å². The normalized spacial score (nSPS) is 13.6. The topological polar surface area (TPSA) is 54.4 Å². The molecule has 2 aromatic rings. The zero-order valence-corrected chi connectivity index (χ0v) is 12.7. The van der Waals surface area contributed by atoms with Crippen molar-refractivity contribution in [3.63, 3.8) is 0 Å². The van der Waals surface area contributed by atoms with Crippen LogP contribution in [0.3, 0.4) is 0 Å². The standard InChI is InChI=1S/C17H18O3S/c1-13-7-5-6-10-15(13)12-21(20)16(17(18)19)11-14-8-3-2-4-9-14/h2-10,16H,11-12H2,1H3,(H,18,19). The SMILES string of the molecule is Cc1ccccc1CS(=O)C(Cc1ccccc1)C(=O)O. The molecule has 1 N–H and O–H groups in total. The van der Waals surface area contributed by atoms with Gasteiger partial charge in [-0.2, -0.15) is 0 Å². The van der Waals surface area contributed by atoms with Crippen LogP contribution in [0.25, 0.3) is 0 Å². The first-order chi connectivity index (χ1) is 10.1. The van der Waals surface area contributed by atoms with E-state index in [1.165, 1.54) is 0 Å². The van der Waals surface area contributed by atoms with Crippen molar-refractivity contribution in [2.75, 3.05) is 0 Å². The minimum atomic E-state index is -1.45. The highest BCUT2D eigenvalue weighted by molar-refractivity contribution is 7.85. The van der Waals surface area contributed by atoms with Gasteiger partial charge in [-0.1, -0.05) is 54.6 Å². The maximum absolute atomic E-state index is 12.4. The summed E-state index contributed by atoms with van der Waals surface area (Å²) < 4.78 is 12.4. The van der Waals surface area contributed by atoms with Gasteiger partial charge in [-0.05, 0) is 30.0 Å². The molecule has 0 radical (unpaired) electrons. The lowest BCUT2D eigenvalue weighted by Crippen LogP contribution is -2.29. The number of benzene rings is 2. The van der Waals surface area contributed by atoms with Crippen LogP contribution in [-0.4, -0.2) is 20.5 Å². The number of aliphatic carboxylic acids is 1. The van der Waals surface area contributed by atoms with Gasteiger partial charge < -0.3 is 5.11 Å². The second-order valence-electron chi connectivity index (χ2n) is 4.97. The lowest BCUT2D eigenvalue weighted by molar-refractivity contribution is -0.136. The molecule has 0 amide bonds. The van der Waals surface area contributed by atoms with Gasteiger partial charge in [-0.15, -0.1) is 0 Å². The van der Waals surface area contributed by atoms with E-state index in [0.29, 0.717) is 0 Å². The minimum Gasteiger partial charge on any atom is -0.480 e. The van der Waals surface area contributed by atoms with Crippen molar-refractivity contribution in [2.45, 2.75) is 24.3 Å². The predicted octanol–water partition coefficient (Wildman–Crippen LogP) is 2.94. The Bertz CT molecular complexity index is 637. The molecule has 0 spiro atoms. The largest absolute Gasteiger partial charge is 0.480 e. The molecule has 0 saturated carbocycles. The van der Waals surface area contributed by atoms with Crippen LogP contribution in [0.15, 0.2) is 54.6 Å². The van der Waals surface area contributed by atoms with Crippen LogP contribution >= 0.6 is 0 Å². The first-order valence-corrected chi connectivity index (χ1v) is 8.14. The lowest BCUT2D eigenvalue weighted by Gasteiger charge is -2.13. The average molecular weight is 302 g/mol. The lowest BCUT2D eigenvalue weighted by atomic mass is 10.1. The van der Waals surface area contributed by atoms with Crippen molar-refractivity contribution in [3.8, 4) is 0 Å². The predicted molar refractivity (Wildman–Crippen MR) is 84.6 cm³/mol. The van der Waals surface area contributed by atoms with Gasteiger partial charge in [0.25, 0.3) is 0 Å². The van der Waals surface area contributed by atoms with E-state index in [9.17, 15) is 14.1 Å². The van der Waals surface area contributed by atoms with Crippen LogP contribution in [0.2, 0.25) is 0 Å². The van der Waals surface area contributed by atoms with Gasteiger partial charge in [-0.25, -0.2) is 0 Å². The molecule has 110 valence electrons. The van der Waals surface area contributed by atoms with Crippen LogP contribution in [0.4, 0.5) is 0 Å². The molecule has 3 nitrogen and oxygen atoms in total. The summed E-state index contributed by atoms with van der Waals surface area (Å²) in [4.78, 5) is 11.4. The Morgan fingerprint density at radius 1 is 1.10 bits per heavy atom. The molecule has 0 aliphatic heterocycles. The monoisotopic (exact) mass is 302 g/mol. The third-order valence-corrected chi connectivity index (χ3v) is 5.01. The van der Waals surface area contributed by atoms with Crippen LogP contribution in [0, 0.1) is 6.92 Å². The molecule has 2 atom stereocenters. The molecule has 21 heavy (non-hydrogen) atoms.